The molecule has 10 nitrogen and oxygen atoms in total. The number of rotatable bonds is 5. The van der Waals surface area contributed by atoms with Crippen molar-refractivity contribution in [3.05, 3.63) is 59.2 Å². The maximum absolute atomic E-state index is 13.6. The Morgan fingerprint density at radius 1 is 1.20 bits per heavy atom. The van der Waals surface area contributed by atoms with Crippen LogP contribution in [0, 0.1) is 5.82 Å². The summed E-state index contributed by atoms with van der Waals surface area (Å²) in [6.07, 6.45) is 2.79. The van der Waals surface area contributed by atoms with Gasteiger partial charge in [0.1, 0.15) is 11.3 Å². The average Bonchev–Trinajstić information content (AvgIpc) is 2.83. The van der Waals surface area contributed by atoms with Crippen molar-refractivity contribution in [2.45, 2.75) is 19.4 Å². The van der Waals surface area contributed by atoms with Gasteiger partial charge in [-0.25, -0.2) is 9.37 Å². The zero-order valence-corrected chi connectivity index (χ0v) is 19.1. The number of nitrogens with zero attached hydrogens (tertiary/aromatic N) is 3. The van der Waals surface area contributed by atoms with Gasteiger partial charge in [0.2, 0.25) is 0 Å². The second-order valence-corrected chi connectivity index (χ2v) is 9.85. The van der Waals surface area contributed by atoms with Crippen LogP contribution in [-0.4, -0.2) is 107 Å². The quantitative estimate of drug-likeness (QED) is 0.317. The molecule has 0 saturated carbocycles. The second kappa shape index (κ2) is 11.5. The van der Waals surface area contributed by atoms with E-state index < -0.39 is 34.2 Å². The number of halogens is 1. The van der Waals surface area contributed by atoms with Crippen molar-refractivity contribution in [2.24, 2.45) is 0 Å². The maximum atomic E-state index is 13.6. The molecular weight excluding hydrogens is 504 g/mol. The zero-order chi connectivity index (χ0) is 24.5. The van der Waals surface area contributed by atoms with Gasteiger partial charge in [-0.1, -0.05) is 6.07 Å². The Balaban J connectivity index is 0.00000342. The molecule has 3 aromatic rings. The number of fused-ring (bicyclic) bond motifs is 1. The SMILES string of the molecule is CNC(=O)c1cc(F)ccc1CNC(=O)c1nc(N2CCCCS2(O)O)c2cccnc2c1O.[KH]. The fourth-order valence-corrected chi connectivity index (χ4v) is 5.46. The Bertz CT molecular complexity index is 1280. The van der Waals surface area contributed by atoms with E-state index in [0.717, 1.165) is 6.07 Å². The number of carbonyl (C=O) groups excluding carboxylic acids is 2. The first-order valence-corrected chi connectivity index (χ1v) is 12.2. The van der Waals surface area contributed by atoms with Gasteiger partial charge >= 0.3 is 51.4 Å². The summed E-state index contributed by atoms with van der Waals surface area (Å²) in [5.41, 5.74) is 0.151. The first-order valence-electron chi connectivity index (χ1n) is 10.5. The molecule has 0 spiro atoms. The number of pyridine rings is 2. The van der Waals surface area contributed by atoms with Crippen LogP contribution in [0.5, 0.6) is 5.75 Å². The van der Waals surface area contributed by atoms with E-state index in [0.29, 0.717) is 30.3 Å². The molecule has 2 aromatic heterocycles. The third kappa shape index (κ3) is 5.78. The number of aromatic nitrogens is 2. The average molecular weight is 530 g/mol. The summed E-state index contributed by atoms with van der Waals surface area (Å²) in [5, 5.41) is 16.1. The number of aromatic hydroxyl groups is 1. The molecule has 1 aliphatic heterocycles. The van der Waals surface area contributed by atoms with Gasteiger partial charge in [-0.15, -0.1) is 10.8 Å². The molecule has 182 valence electrons. The van der Waals surface area contributed by atoms with Crippen molar-refractivity contribution in [2.75, 3.05) is 23.7 Å². The summed E-state index contributed by atoms with van der Waals surface area (Å²) in [5.74, 6) is -2.04. The standard InChI is InChI=1S/C22H24FN5O5S.K.H/c1-24-21(30)16-11-14(23)7-6-13(16)12-26-22(31)18-19(29)17-15(5-4-8-25-17)20(27-18)28-9-2-3-10-34(28,32)33;;/h4-8,11,29,32-33H,2-3,9-10,12H2,1H3,(H,24,30)(H,26,31);;. The Kier molecular flexibility index (Phi) is 9.09. The molecule has 5 N–H and O–H groups in total. The Hall–Kier alpha value is -1.84. The van der Waals surface area contributed by atoms with Crippen molar-refractivity contribution in [3.63, 3.8) is 0 Å². The molecule has 13 heteroatoms. The number of anilines is 1. The van der Waals surface area contributed by atoms with E-state index in [2.05, 4.69) is 20.6 Å². The molecule has 0 atom stereocenters. The summed E-state index contributed by atoms with van der Waals surface area (Å²) >= 11 is 0. The molecular formula is C22H25FKN5O5S. The van der Waals surface area contributed by atoms with E-state index in [-0.39, 0.29) is 86.3 Å². The van der Waals surface area contributed by atoms with Crippen LogP contribution in [0.1, 0.15) is 39.3 Å². The van der Waals surface area contributed by atoms with Crippen LogP contribution >= 0.6 is 10.8 Å². The Morgan fingerprint density at radius 2 is 1.97 bits per heavy atom. The number of hydrogen-bond donors (Lipinski definition) is 5. The Morgan fingerprint density at radius 3 is 2.69 bits per heavy atom. The van der Waals surface area contributed by atoms with Crippen LogP contribution in [0.4, 0.5) is 10.2 Å². The minimum atomic E-state index is -3.15. The molecule has 3 heterocycles. The van der Waals surface area contributed by atoms with Gasteiger partial charge < -0.3 is 15.7 Å². The molecule has 4 rings (SSSR count). The predicted octanol–water partition coefficient (Wildman–Crippen LogP) is 2.38. The van der Waals surface area contributed by atoms with E-state index in [4.69, 9.17) is 0 Å². The fraction of sp³-hybridized carbons (Fsp3) is 0.273. The molecule has 35 heavy (non-hydrogen) atoms. The summed E-state index contributed by atoms with van der Waals surface area (Å²) in [4.78, 5) is 33.6. The van der Waals surface area contributed by atoms with Crippen molar-refractivity contribution in [1.82, 2.24) is 20.6 Å². The van der Waals surface area contributed by atoms with Crippen molar-refractivity contribution < 1.29 is 28.2 Å². The molecule has 1 aromatic carbocycles. The number of carbonyl (C=O) groups is 2. The van der Waals surface area contributed by atoms with E-state index in [9.17, 15) is 28.2 Å². The summed E-state index contributed by atoms with van der Waals surface area (Å²) in [6, 6.07) is 6.86. The van der Waals surface area contributed by atoms with Gasteiger partial charge in [-0.3, -0.25) is 28.0 Å². The van der Waals surface area contributed by atoms with E-state index in [1.54, 1.807) is 12.1 Å². The monoisotopic (exact) mass is 529 g/mol. The van der Waals surface area contributed by atoms with E-state index in [1.165, 1.54) is 29.7 Å². The molecule has 1 saturated heterocycles. The van der Waals surface area contributed by atoms with Crippen molar-refractivity contribution >= 4 is 90.7 Å². The van der Waals surface area contributed by atoms with Crippen LogP contribution in [0.25, 0.3) is 10.9 Å². The second-order valence-electron chi connectivity index (χ2n) is 7.74. The third-order valence-corrected chi connectivity index (χ3v) is 7.43. The number of hydrogen-bond acceptors (Lipinski definition) is 8. The molecule has 0 bridgehead atoms. The van der Waals surface area contributed by atoms with E-state index >= 15 is 0 Å². The fourth-order valence-electron chi connectivity index (χ4n) is 3.81. The molecule has 1 fully saturated rings. The predicted molar refractivity (Wildman–Crippen MR) is 134 cm³/mol. The molecule has 1 aliphatic rings. The van der Waals surface area contributed by atoms with Gasteiger partial charge in [0.25, 0.3) is 11.8 Å². The zero-order valence-electron chi connectivity index (χ0n) is 18.3. The molecule has 2 amide bonds. The first-order chi connectivity index (χ1) is 16.2. The third-order valence-electron chi connectivity index (χ3n) is 5.53. The normalized spacial score (nSPS) is 15.7. The Labute approximate surface area is 245 Å². The van der Waals surface area contributed by atoms with Crippen LogP contribution in [0.3, 0.4) is 0 Å². The van der Waals surface area contributed by atoms with Gasteiger partial charge in [0, 0.05) is 37.3 Å². The summed E-state index contributed by atoms with van der Waals surface area (Å²) < 4.78 is 36.2. The van der Waals surface area contributed by atoms with Gasteiger partial charge in [0.05, 0.1) is 5.75 Å². The van der Waals surface area contributed by atoms with Crippen LogP contribution in [-0.2, 0) is 6.54 Å². The summed E-state index contributed by atoms with van der Waals surface area (Å²) in [6.45, 7) is 0.174. The van der Waals surface area contributed by atoms with Gasteiger partial charge in [-0.2, -0.15) is 0 Å². The minimum absolute atomic E-state index is 0. The molecule has 0 radical (unpaired) electrons. The first kappa shape index (κ1) is 27.7. The van der Waals surface area contributed by atoms with Crippen LogP contribution in [0.15, 0.2) is 36.5 Å². The van der Waals surface area contributed by atoms with Crippen molar-refractivity contribution in [3.8, 4) is 5.75 Å². The topological polar surface area (TPSA) is 148 Å². The van der Waals surface area contributed by atoms with E-state index in [1.807, 2.05) is 0 Å². The van der Waals surface area contributed by atoms with Gasteiger partial charge in [-0.05, 0) is 42.7 Å². The number of amides is 2. The van der Waals surface area contributed by atoms with Crippen molar-refractivity contribution in [1.29, 1.82) is 0 Å². The van der Waals surface area contributed by atoms with Crippen LogP contribution < -0.4 is 14.9 Å². The molecule has 0 aliphatic carbocycles. The van der Waals surface area contributed by atoms with Gasteiger partial charge in [0.15, 0.2) is 17.3 Å². The number of nitrogens with one attached hydrogen (secondary N) is 2. The number of benzene rings is 1. The molecule has 0 unspecified atom stereocenters. The van der Waals surface area contributed by atoms with Crippen LogP contribution in [0.2, 0.25) is 0 Å². The summed E-state index contributed by atoms with van der Waals surface area (Å²) in [7, 11) is -1.74.